The fraction of sp³-hybridized carbons (Fsp3) is 0.438. The van der Waals surface area contributed by atoms with E-state index in [1.807, 2.05) is 18.2 Å². The van der Waals surface area contributed by atoms with Crippen LogP contribution in [0.15, 0.2) is 24.4 Å². The normalized spacial score (nSPS) is 18.2. The van der Waals surface area contributed by atoms with E-state index in [1.165, 1.54) is 0 Å². The smallest absolute Gasteiger partial charge is 0.176 e. The molecular formula is C16H20N3O. The molecule has 0 atom stereocenters. The highest BCUT2D eigenvalue weighted by Gasteiger charge is 2.16. The number of Topliss-reactive ketones (excluding diaryl/α,β-unsaturated/α-hetero) is 1. The van der Waals surface area contributed by atoms with Gasteiger partial charge in [0.15, 0.2) is 5.78 Å². The van der Waals surface area contributed by atoms with Crippen LogP contribution in [0.25, 0.3) is 10.9 Å². The van der Waals surface area contributed by atoms with Crippen LogP contribution >= 0.6 is 0 Å². The molecule has 0 spiro atoms. The average Bonchev–Trinajstić information content (AvgIpc) is 2.82. The first-order valence-electron chi connectivity index (χ1n) is 7.15. The number of benzene rings is 1. The summed E-state index contributed by atoms with van der Waals surface area (Å²) >= 11 is 0. The summed E-state index contributed by atoms with van der Waals surface area (Å²) in [5, 5.41) is 1.03. The van der Waals surface area contributed by atoms with E-state index in [9.17, 15) is 4.79 Å². The van der Waals surface area contributed by atoms with Crippen molar-refractivity contribution >= 4 is 16.7 Å². The van der Waals surface area contributed by atoms with Gasteiger partial charge >= 0.3 is 0 Å². The third-order valence-electron chi connectivity index (χ3n) is 3.98. The summed E-state index contributed by atoms with van der Waals surface area (Å²) in [5.74, 6) is 0.200. The quantitative estimate of drug-likeness (QED) is 0.864. The standard InChI is InChI=1S/C16H20N3O/c1-18-7-2-8-19(10-9-18)12-16(20)14-4-3-13-5-6-17-15(13)11-14/h3-4,6,11,17H,2,7-10,12H2,1H3. The molecule has 0 bridgehead atoms. The minimum Gasteiger partial charge on any atom is -0.361 e. The van der Waals surface area contributed by atoms with E-state index in [-0.39, 0.29) is 5.78 Å². The van der Waals surface area contributed by atoms with Gasteiger partial charge in [-0.05, 0) is 32.6 Å². The maximum Gasteiger partial charge on any atom is 0.176 e. The fourth-order valence-corrected chi connectivity index (χ4v) is 2.71. The average molecular weight is 270 g/mol. The van der Waals surface area contributed by atoms with E-state index in [1.54, 1.807) is 6.20 Å². The van der Waals surface area contributed by atoms with Crippen molar-refractivity contribution in [2.45, 2.75) is 6.42 Å². The van der Waals surface area contributed by atoms with Crippen molar-refractivity contribution in [2.24, 2.45) is 0 Å². The highest BCUT2D eigenvalue weighted by atomic mass is 16.1. The number of ketones is 1. The van der Waals surface area contributed by atoms with Gasteiger partial charge < -0.3 is 9.88 Å². The number of carbonyl (C=O) groups is 1. The highest BCUT2D eigenvalue weighted by molar-refractivity contribution is 6.00. The SMILES string of the molecule is CN1CCCN(CC(=O)c2ccc3[c]c[nH]c3c2)CC1. The number of carbonyl (C=O) groups excluding carboxylic acids is 1. The largest absolute Gasteiger partial charge is 0.361 e. The van der Waals surface area contributed by atoms with Crippen molar-refractivity contribution in [3.63, 3.8) is 0 Å². The first-order valence-corrected chi connectivity index (χ1v) is 7.15. The number of aromatic amines is 1. The van der Waals surface area contributed by atoms with Crippen LogP contribution in [-0.2, 0) is 0 Å². The number of hydrogen-bond acceptors (Lipinski definition) is 3. The summed E-state index contributed by atoms with van der Waals surface area (Å²) in [6, 6.07) is 8.88. The van der Waals surface area contributed by atoms with Gasteiger partial charge in [0.1, 0.15) is 0 Å². The van der Waals surface area contributed by atoms with E-state index in [0.29, 0.717) is 6.54 Å². The van der Waals surface area contributed by atoms with Crippen molar-refractivity contribution in [2.75, 3.05) is 39.8 Å². The summed E-state index contributed by atoms with van der Waals surface area (Å²) in [6.45, 7) is 4.66. The molecule has 0 amide bonds. The van der Waals surface area contributed by atoms with Crippen molar-refractivity contribution in [3.8, 4) is 0 Å². The molecule has 105 valence electrons. The van der Waals surface area contributed by atoms with E-state index < -0.39 is 0 Å². The zero-order chi connectivity index (χ0) is 13.9. The summed E-state index contributed by atoms with van der Waals surface area (Å²) in [6.07, 6.45) is 2.91. The van der Waals surface area contributed by atoms with Crippen molar-refractivity contribution in [1.82, 2.24) is 14.8 Å². The molecule has 0 saturated carbocycles. The molecule has 4 nitrogen and oxygen atoms in total. The molecule has 1 radical (unpaired) electrons. The number of nitrogens with zero attached hydrogens (tertiary/aromatic N) is 2. The molecule has 4 heteroatoms. The Hall–Kier alpha value is -1.65. The Morgan fingerprint density at radius 1 is 1.30 bits per heavy atom. The molecule has 1 aromatic heterocycles. The lowest BCUT2D eigenvalue weighted by atomic mass is 10.1. The molecule has 1 aromatic carbocycles. The van der Waals surface area contributed by atoms with Crippen LogP contribution in [0.4, 0.5) is 0 Å². The molecule has 2 aromatic rings. The van der Waals surface area contributed by atoms with Crippen molar-refractivity contribution in [3.05, 3.63) is 36.0 Å². The minimum atomic E-state index is 0.200. The second-order valence-corrected chi connectivity index (χ2v) is 5.55. The van der Waals surface area contributed by atoms with Gasteiger partial charge in [-0.2, -0.15) is 0 Å². The summed E-state index contributed by atoms with van der Waals surface area (Å²) in [4.78, 5) is 20.1. The molecule has 1 saturated heterocycles. The Kier molecular flexibility index (Phi) is 3.85. The number of aromatic nitrogens is 1. The van der Waals surface area contributed by atoms with Crippen molar-refractivity contribution in [1.29, 1.82) is 0 Å². The van der Waals surface area contributed by atoms with Gasteiger partial charge in [0.05, 0.1) is 6.54 Å². The van der Waals surface area contributed by atoms with Gasteiger partial charge in [-0.3, -0.25) is 9.69 Å². The number of nitrogens with one attached hydrogen (secondary N) is 1. The molecular weight excluding hydrogens is 250 g/mol. The van der Waals surface area contributed by atoms with Crippen LogP contribution < -0.4 is 0 Å². The molecule has 0 unspecified atom stereocenters. The predicted octanol–water partition coefficient (Wildman–Crippen LogP) is 1.79. The Morgan fingerprint density at radius 3 is 3.10 bits per heavy atom. The molecule has 1 N–H and O–H groups in total. The first kappa shape index (κ1) is 13.3. The van der Waals surface area contributed by atoms with E-state index in [0.717, 1.165) is 49.1 Å². The Labute approximate surface area is 119 Å². The fourth-order valence-electron chi connectivity index (χ4n) is 2.71. The lowest BCUT2D eigenvalue weighted by Gasteiger charge is -2.19. The minimum absolute atomic E-state index is 0.200. The second-order valence-electron chi connectivity index (χ2n) is 5.55. The van der Waals surface area contributed by atoms with Crippen LogP contribution in [0.3, 0.4) is 0 Å². The van der Waals surface area contributed by atoms with Crippen LogP contribution in [0.2, 0.25) is 0 Å². The lowest BCUT2D eigenvalue weighted by molar-refractivity contribution is 0.0933. The van der Waals surface area contributed by atoms with Gasteiger partial charge in [0.2, 0.25) is 0 Å². The molecule has 20 heavy (non-hydrogen) atoms. The molecule has 2 heterocycles. The molecule has 1 fully saturated rings. The van der Waals surface area contributed by atoms with Crippen LogP contribution in [0, 0.1) is 6.07 Å². The van der Waals surface area contributed by atoms with Crippen LogP contribution in [0.5, 0.6) is 0 Å². The van der Waals surface area contributed by atoms with E-state index in [2.05, 4.69) is 27.9 Å². The number of likely N-dealkylation sites (N-methyl/N-ethyl adjacent to an activating group) is 1. The van der Waals surface area contributed by atoms with E-state index >= 15 is 0 Å². The van der Waals surface area contributed by atoms with Gasteiger partial charge in [-0.1, -0.05) is 12.1 Å². The maximum absolute atomic E-state index is 12.4. The molecule has 1 aliphatic rings. The van der Waals surface area contributed by atoms with Gasteiger partial charge in [-0.15, -0.1) is 0 Å². The van der Waals surface area contributed by atoms with Gasteiger partial charge in [-0.25, -0.2) is 0 Å². The third-order valence-corrected chi connectivity index (χ3v) is 3.98. The topological polar surface area (TPSA) is 39.3 Å². The molecule has 3 rings (SSSR count). The van der Waals surface area contributed by atoms with Gasteiger partial charge in [0.25, 0.3) is 0 Å². The summed E-state index contributed by atoms with van der Waals surface area (Å²) in [7, 11) is 2.14. The number of rotatable bonds is 3. The Morgan fingerprint density at radius 2 is 2.20 bits per heavy atom. The Bertz CT molecular complexity index is 605. The lowest BCUT2D eigenvalue weighted by Crippen LogP contribution is -2.33. The third kappa shape index (κ3) is 2.92. The number of fused-ring (bicyclic) bond motifs is 1. The second kappa shape index (κ2) is 5.77. The zero-order valence-electron chi connectivity index (χ0n) is 11.9. The van der Waals surface area contributed by atoms with Crippen LogP contribution in [0.1, 0.15) is 16.8 Å². The summed E-state index contributed by atoms with van der Waals surface area (Å²) in [5.41, 5.74) is 1.76. The number of H-pyrrole nitrogens is 1. The predicted molar refractivity (Wildman–Crippen MR) is 80.0 cm³/mol. The monoisotopic (exact) mass is 270 g/mol. The molecule has 1 aliphatic heterocycles. The Balaban J connectivity index is 1.68. The van der Waals surface area contributed by atoms with Gasteiger partial charge in [0, 0.05) is 41.8 Å². The van der Waals surface area contributed by atoms with Crippen molar-refractivity contribution < 1.29 is 4.79 Å². The number of hydrogen-bond donors (Lipinski definition) is 1. The maximum atomic E-state index is 12.4. The summed E-state index contributed by atoms with van der Waals surface area (Å²) < 4.78 is 0. The zero-order valence-corrected chi connectivity index (χ0v) is 11.9. The first-order chi connectivity index (χ1) is 9.72. The van der Waals surface area contributed by atoms with Crippen LogP contribution in [-0.4, -0.2) is 60.3 Å². The molecule has 0 aliphatic carbocycles. The van der Waals surface area contributed by atoms with E-state index in [4.69, 9.17) is 0 Å². The highest BCUT2D eigenvalue weighted by Crippen LogP contribution is 2.14.